The third-order valence-corrected chi connectivity index (χ3v) is 5.43. The van der Waals surface area contributed by atoms with Crippen LogP contribution >= 0.6 is 0 Å². The Kier molecular flexibility index (Phi) is 6.00. The van der Waals surface area contributed by atoms with Gasteiger partial charge in [0.25, 0.3) is 5.56 Å². The molecule has 0 radical (unpaired) electrons. The van der Waals surface area contributed by atoms with Crippen LogP contribution in [0.4, 0.5) is 0 Å². The third-order valence-electron chi connectivity index (χ3n) is 5.43. The SMILES string of the molecule is O=C(CCc1nc2ccccc2c(=O)[nH]1)N1CCCN(Cc2ccccc2)CC1. The molecule has 6 nitrogen and oxygen atoms in total. The summed E-state index contributed by atoms with van der Waals surface area (Å²) < 4.78 is 0. The number of carbonyl (C=O) groups excluding carboxylic acids is 1. The van der Waals surface area contributed by atoms with Gasteiger partial charge in [-0.3, -0.25) is 14.5 Å². The summed E-state index contributed by atoms with van der Waals surface area (Å²) in [5, 5.41) is 0.577. The van der Waals surface area contributed by atoms with Gasteiger partial charge in [-0.15, -0.1) is 0 Å². The fourth-order valence-corrected chi connectivity index (χ4v) is 3.86. The number of fused-ring (bicyclic) bond motifs is 1. The summed E-state index contributed by atoms with van der Waals surface area (Å²) in [5.74, 6) is 0.699. The molecule has 6 heteroatoms. The molecule has 0 aliphatic carbocycles. The smallest absolute Gasteiger partial charge is 0.258 e. The Hall–Kier alpha value is -2.99. The van der Waals surface area contributed by atoms with Gasteiger partial charge in [-0.05, 0) is 24.1 Å². The standard InChI is InChI=1S/C23H26N4O2/c28-22(12-11-21-24-20-10-5-4-9-19(20)23(29)25-21)27-14-6-13-26(15-16-27)17-18-7-2-1-3-8-18/h1-5,7-10H,6,11-17H2,(H,24,25,29). The summed E-state index contributed by atoms with van der Waals surface area (Å²) in [6.07, 6.45) is 1.78. The van der Waals surface area contributed by atoms with Gasteiger partial charge >= 0.3 is 0 Å². The highest BCUT2D eigenvalue weighted by Crippen LogP contribution is 2.11. The monoisotopic (exact) mass is 390 g/mol. The molecule has 0 saturated carbocycles. The van der Waals surface area contributed by atoms with E-state index in [9.17, 15) is 9.59 Å². The van der Waals surface area contributed by atoms with E-state index >= 15 is 0 Å². The number of para-hydroxylation sites is 1. The molecule has 4 rings (SSSR count). The Morgan fingerprint density at radius 3 is 2.62 bits per heavy atom. The Morgan fingerprint density at radius 2 is 1.76 bits per heavy atom. The van der Waals surface area contributed by atoms with Crippen molar-refractivity contribution in [3.8, 4) is 0 Å². The fraction of sp³-hybridized carbons (Fsp3) is 0.348. The molecular formula is C23H26N4O2. The van der Waals surface area contributed by atoms with Gasteiger partial charge in [-0.2, -0.15) is 0 Å². The van der Waals surface area contributed by atoms with Gasteiger partial charge in [0.1, 0.15) is 5.82 Å². The molecule has 0 spiro atoms. The van der Waals surface area contributed by atoms with Crippen LogP contribution < -0.4 is 5.56 Å². The predicted molar refractivity (Wildman–Crippen MR) is 114 cm³/mol. The van der Waals surface area contributed by atoms with Crippen LogP contribution in [-0.2, 0) is 17.8 Å². The molecule has 1 fully saturated rings. The summed E-state index contributed by atoms with van der Waals surface area (Å²) in [5.41, 5.74) is 1.83. The number of nitrogens with zero attached hydrogens (tertiary/aromatic N) is 3. The van der Waals surface area contributed by atoms with E-state index < -0.39 is 0 Å². The number of amides is 1. The molecule has 1 aliphatic heterocycles. The summed E-state index contributed by atoms with van der Waals surface area (Å²) in [6, 6.07) is 17.7. The van der Waals surface area contributed by atoms with Crippen LogP contribution in [0.1, 0.15) is 24.2 Å². The minimum absolute atomic E-state index is 0.127. The Labute approximate surface area is 170 Å². The zero-order valence-corrected chi connectivity index (χ0v) is 16.5. The Balaban J connectivity index is 1.32. The molecule has 2 heterocycles. The third kappa shape index (κ3) is 4.90. The van der Waals surface area contributed by atoms with E-state index in [1.807, 2.05) is 29.2 Å². The lowest BCUT2D eigenvalue weighted by Crippen LogP contribution is -2.35. The zero-order chi connectivity index (χ0) is 20.1. The second-order valence-electron chi connectivity index (χ2n) is 7.53. The van der Waals surface area contributed by atoms with E-state index in [1.165, 1.54) is 5.56 Å². The van der Waals surface area contributed by atoms with Gasteiger partial charge in [-0.25, -0.2) is 4.98 Å². The molecule has 0 unspecified atom stereocenters. The molecule has 29 heavy (non-hydrogen) atoms. The first kappa shape index (κ1) is 19.3. The number of aromatic amines is 1. The van der Waals surface area contributed by atoms with E-state index in [0.717, 1.165) is 39.1 Å². The van der Waals surface area contributed by atoms with Crippen molar-refractivity contribution in [2.45, 2.75) is 25.8 Å². The lowest BCUT2D eigenvalue weighted by Gasteiger charge is -2.22. The van der Waals surface area contributed by atoms with Gasteiger partial charge < -0.3 is 9.88 Å². The van der Waals surface area contributed by atoms with Crippen LogP contribution in [0.3, 0.4) is 0 Å². The first-order valence-corrected chi connectivity index (χ1v) is 10.2. The van der Waals surface area contributed by atoms with E-state index in [4.69, 9.17) is 0 Å². The molecule has 1 aliphatic rings. The maximum absolute atomic E-state index is 12.7. The molecule has 2 aromatic carbocycles. The van der Waals surface area contributed by atoms with Crippen molar-refractivity contribution < 1.29 is 4.79 Å². The molecule has 150 valence electrons. The highest BCUT2D eigenvalue weighted by atomic mass is 16.2. The van der Waals surface area contributed by atoms with Gasteiger partial charge in [0.15, 0.2) is 0 Å². The van der Waals surface area contributed by atoms with Gasteiger partial charge in [0.2, 0.25) is 5.91 Å². The molecule has 1 amide bonds. The number of hydrogen-bond acceptors (Lipinski definition) is 4. The van der Waals surface area contributed by atoms with Crippen LogP contribution in [0.2, 0.25) is 0 Å². The Bertz CT molecular complexity index is 1030. The number of nitrogens with one attached hydrogen (secondary N) is 1. The normalized spacial score (nSPS) is 15.4. The second kappa shape index (κ2) is 9.01. The topological polar surface area (TPSA) is 69.3 Å². The van der Waals surface area contributed by atoms with Crippen molar-refractivity contribution in [1.82, 2.24) is 19.8 Å². The molecule has 1 N–H and O–H groups in total. The predicted octanol–water partition coefficient (Wildman–Crippen LogP) is 2.59. The summed E-state index contributed by atoms with van der Waals surface area (Å²) in [4.78, 5) is 36.6. The highest BCUT2D eigenvalue weighted by Gasteiger charge is 2.19. The minimum atomic E-state index is -0.149. The molecule has 0 atom stereocenters. The van der Waals surface area contributed by atoms with Crippen molar-refractivity contribution in [1.29, 1.82) is 0 Å². The van der Waals surface area contributed by atoms with Crippen LogP contribution in [0, 0.1) is 0 Å². The maximum Gasteiger partial charge on any atom is 0.258 e. The minimum Gasteiger partial charge on any atom is -0.341 e. The molecule has 3 aromatic rings. The lowest BCUT2D eigenvalue weighted by atomic mass is 10.2. The van der Waals surface area contributed by atoms with Crippen molar-refractivity contribution in [3.05, 3.63) is 76.3 Å². The second-order valence-corrected chi connectivity index (χ2v) is 7.53. The van der Waals surface area contributed by atoms with E-state index in [1.54, 1.807) is 6.07 Å². The van der Waals surface area contributed by atoms with E-state index in [-0.39, 0.29) is 11.5 Å². The van der Waals surface area contributed by atoms with Gasteiger partial charge in [0, 0.05) is 45.6 Å². The fourth-order valence-electron chi connectivity index (χ4n) is 3.86. The number of aryl methyl sites for hydroxylation is 1. The van der Waals surface area contributed by atoms with Gasteiger partial charge in [-0.1, -0.05) is 42.5 Å². The van der Waals surface area contributed by atoms with Crippen LogP contribution in [0.5, 0.6) is 0 Å². The lowest BCUT2D eigenvalue weighted by molar-refractivity contribution is -0.131. The summed E-state index contributed by atoms with van der Waals surface area (Å²) in [6.45, 7) is 4.33. The Morgan fingerprint density at radius 1 is 0.966 bits per heavy atom. The van der Waals surface area contributed by atoms with E-state index in [0.29, 0.717) is 29.6 Å². The number of H-pyrrole nitrogens is 1. The van der Waals surface area contributed by atoms with Crippen LogP contribution in [0.25, 0.3) is 10.9 Å². The number of hydrogen-bond donors (Lipinski definition) is 1. The van der Waals surface area contributed by atoms with E-state index in [2.05, 4.69) is 39.1 Å². The number of aromatic nitrogens is 2. The highest BCUT2D eigenvalue weighted by molar-refractivity contribution is 5.78. The first-order chi connectivity index (χ1) is 14.2. The number of carbonyl (C=O) groups is 1. The van der Waals surface area contributed by atoms with Crippen LogP contribution in [-0.4, -0.2) is 51.9 Å². The average Bonchev–Trinajstić information content (AvgIpc) is 2.98. The van der Waals surface area contributed by atoms with Crippen LogP contribution in [0.15, 0.2) is 59.4 Å². The van der Waals surface area contributed by atoms with Gasteiger partial charge in [0.05, 0.1) is 10.9 Å². The van der Waals surface area contributed by atoms with Crippen molar-refractivity contribution in [3.63, 3.8) is 0 Å². The first-order valence-electron chi connectivity index (χ1n) is 10.2. The molecule has 0 bridgehead atoms. The average molecular weight is 390 g/mol. The van der Waals surface area contributed by atoms with Crippen molar-refractivity contribution in [2.24, 2.45) is 0 Å². The number of rotatable bonds is 5. The zero-order valence-electron chi connectivity index (χ0n) is 16.5. The summed E-state index contributed by atoms with van der Waals surface area (Å²) in [7, 11) is 0. The largest absolute Gasteiger partial charge is 0.341 e. The van der Waals surface area contributed by atoms with Crippen molar-refractivity contribution in [2.75, 3.05) is 26.2 Å². The maximum atomic E-state index is 12.7. The summed E-state index contributed by atoms with van der Waals surface area (Å²) >= 11 is 0. The quantitative estimate of drug-likeness (QED) is 0.727. The molecular weight excluding hydrogens is 364 g/mol. The van der Waals surface area contributed by atoms with Crippen molar-refractivity contribution >= 4 is 16.8 Å². The molecule has 1 saturated heterocycles. The number of benzene rings is 2. The molecule has 1 aromatic heterocycles.